The van der Waals surface area contributed by atoms with Gasteiger partial charge in [0.05, 0.1) is 26.9 Å². The molecule has 1 heterocycles. The summed E-state index contributed by atoms with van der Waals surface area (Å²) in [5.74, 6) is 0. The molecule has 10 nitrogen and oxygen atoms in total. The largest absolute Gasteiger partial charge is 0.360 e. The number of anilines is 1. The summed E-state index contributed by atoms with van der Waals surface area (Å²) in [4.78, 5) is 32.4. The molecular weight excluding hydrogens is 296 g/mol. The van der Waals surface area contributed by atoms with E-state index in [2.05, 4.69) is 0 Å². The fourth-order valence-corrected chi connectivity index (χ4v) is 2.59. The highest BCUT2D eigenvalue weighted by atomic mass is 16.6. The molecule has 118 valence electrons. The predicted octanol–water partition coefficient (Wildman–Crippen LogP) is 2.79. The van der Waals surface area contributed by atoms with Gasteiger partial charge < -0.3 is 4.90 Å². The third-order valence-electron chi connectivity index (χ3n) is 3.58. The van der Waals surface area contributed by atoms with Gasteiger partial charge in [-0.25, -0.2) is 0 Å². The van der Waals surface area contributed by atoms with E-state index in [9.17, 15) is 30.3 Å². The van der Waals surface area contributed by atoms with E-state index in [0.29, 0.717) is 13.1 Å². The molecule has 1 fully saturated rings. The molecule has 0 saturated carbocycles. The summed E-state index contributed by atoms with van der Waals surface area (Å²) in [5.41, 5.74) is -1.98. The summed E-state index contributed by atoms with van der Waals surface area (Å²) in [5, 5.41) is 33.3. The Balaban J connectivity index is 2.64. The molecule has 1 aromatic rings. The van der Waals surface area contributed by atoms with E-state index in [4.69, 9.17) is 0 Å². The van der Waals surface area contributed by atoms with E-state index in [1.165, 1.54) is 0 Å². The Morgan fingerprint density at radius 2 is 1.23 bits per heavy atom. The number of rotatable bonds is 4. The van der Waals surface area contributed by atoms with E-state index in [0.717, 1.165) is 37.8 Å². The standard InChI is InChI=1S/C12H14N4O6/c17-14(18)9-7-10(15(19)20)12(11(8-9)16(21)22)13-5-3-1-2-4-6-13/h7-8H,1-6H2. The number of benzene rings is 1. The molecule has 1 saturated heterocycles. The summed E-state index contributed by atoms with van der Waals surface area (Å²) in [7, 11) is 0. The van der Waals surface area contributed by atoms with Gasteiger partial charge in [0, 0.05) is 13.1 Å². The molecule has 10 heteroatoms. The first kappa shape index (κ1) is 15.6. The zero-order valence-electron chi connectivity index (χ0n) is 11.6. The topological polar surface area (TPSA) is 133 Å². The molecule has 0 bridgehead atoms. The molecular formula is C12H14N4O6. The minimum Gasteiger partial charge on any atom is -0.360 e. The summed E-state index contributed by atoms with van der Waals surface area (Å²) in [6.07, 6.45) is 3.44. The van der Waals surface area contributed by atoms with Gasteiger partial charge in [0.25, 0.3) is 5.69 Å². The molecule has 1 aromatic carbocycles. The minimum absolute atomic E-state index is 0.137. The summed E-state index contributed by atoms with van der Waals surface area (Å²) < 4.78 is 0. The van der Waals surface area contributed by atoms with Crippen molar-refractivity contribution in [2.45, 2.75) is 25.7 Å². The van der Waals surface area contributed by atoms with Crippen LogP contribution in [0.5, 0.6) is 0 Å². The Hall–Kier alpha value is -2.78. The number of hydrogen-bond donors (Lipinski definition) is 0. The molecule has 1 aliphatic rings. The van der Waals surface area contributed by atoms with Crippen LogP contribution >= 0.6 is 0 Å². The maximum Gasteiger partial charge on any atom is 0.306 e. The van der Waals surface area contributed by atoms with Crippen molar-refractivity contribution < 1.29 is 14.8 Å². The van der Waals surface area contributed by atoms with E-state index >= 15 is 0 Å². The van der Waals surface area contributed by atoms with Gasteiger partial charge in [-0.1, -0.05) is 12.8 Å². The highest BCUT2D eigenvalue weighted by molar-refractivity contribution is 5.78. The maximum absolute atomic E-state index is 11.2. The van der Waals surface area contributed by atoms with E-state index in [-0.39, 0.29) is 5.69 Å². The van der Waals surface area contributed by atoms with E-state index in [1.54, 1.807) is 4.90 Å². The lowest BCUT2D eigenvalue weighted by Gasteiger charge is -2.21. The van der Waals surface area contributed by atoms with Crippen LogP contribution < -0.4 is 4.90 Å². The maximum atomic E-state index is 11.2. The van der Waals surface area contributed by atoms with Gasteiger partial charge in [-0.3, -0.25) is 30.3 Å². The van der Waals surface area contributed by atoms with Gasteiger partial charge >= 0.3 is 11.4 Å². The smallest absolute Gasteiger partial charge is 0.306 e. The second-order valence-electron chi connectivity index (χ2n) is 5.01. The Morgan fingerprint density at radius 3 is 1.59 bits per heavy atom. The molecule has 0 amide bonds. The molecule has 1 aliphatic heterocycles. The molecule has 2 rings (SSSR count). The lowest BCUT2D eigenvalue weighted by atomic mass is 10.1. The Kier molecular flexibility index (Phi) is 4.49. The van der Waals surface area contributed by atoms with Crippen LogP contribution in [0.4, 0.5) is 22.7 Å². The first-order valence-electron chi connectivity index (χ1n) is 6.78. The van der Waals surface area contributed by atoms with Gasteiger partial charge in [-0.05, 0) is 12.8 Å². The monoisotopic (exact) mass is 310 g/mol. The lowest BCUT2D eigenvalue weighted by Crippen LogP contribution is -2.25. The van der Waals surface area contributed by atoms with Crippen molar-refractivity contribution in [1.29, 1.82) is 0 Å². The fourth-order valence-electron chi connectivity index (χ4n) is 2.59. The SMILES string of the molecule is O=[N+]([O-])c1cc([N+](=O)[O-])c(N2CCCCCC2)c([N+](=O)[O-])c1. The van der Waals surface area contributed by atoms with Gasteiger partial charge in [0.2, 0.25) is 0 Å². The van der Waals surface area contributed by atoms with Gasteiger partial charge in [0.15, 0.2) is 5.69 Å². The molecule has 0 N–H and O–H groups in total. The van der Waals surface area contributed by atoms with Gasteiger partial charge in [-0.15, -0.1) is 0 Å². The van der Waals surface area contributed by atoms with Crippen LogP contribution in [0.25, 0.3) is 0 Å². The average Bonchev–Trinajstić information content (AvgIpc) is 2.74. The van der Waals surface area contributed by atoms with Crippen molar-refractivity contribution in [3.05, 3.63) is 42.5 Å². The molecule has 0 aliphatic carbocycles. The number of nitrogens with zero attached hydrogens (tertiary/aromatic N) is 4. The first-order valence-corrected chi connectivity index (χ1v) is 6.78. The van der Waals surface area contributed by atoms with Crippen molar-refractivity contribution in [2.24, 2.45) is 0 Å². The number of nitro benzene ring substituents is 3. The van der Waals surface area contributed by atoms with Gasteiger partial charge in [-0.2, -0.15) is 0 Å². The van der Waals surface area contributed by atoms with Crippen LogP contribution in [0.3, 0.4) is 0 Å². The van der Waals surface area contributed by atoms with Crippen LogP contribution in [0.15, 0.2) is 12.1 Å². The van der Waals surface area contributed by atoms with E-state index in [1.807, 2.05) is 0 Å². The number of non-ortho nitro benzene ring substituents is 1. The predicted molar refractivity (Wildman–Crippen MR) is 77.1 cm³/mol. The van der Waals surface area contributed by atoms with Crippen molar-refractivity contribution in [1.82, 2.24) is 0 Å². The zero-order chi connectivity index (χ0) is 16.3. The summed E-state index contributed by atoms with van der Waals surface area (Å²) >= 11 is 0. The quantitative estimate of drug-likeness (QED) is 0.616. The van der Waals surface area contributed by atoms with Crippen molar-refractivity contribution in [2.75, 3.05) is 18.0 Å². The first-order chi connectivity index (χ1) is 10.4. The molecule has 0 aromatic heterocycles. The van der Waals surface area contributed by atoms with Crippen LogP contribution in [0.1, 0.15) is 25.7 Å². The van der Waals surface area contributed by atoms with E-state index < -0.39 is 31.8 Å². The van der Waals surface area contributed by atoms with Crippen LogP contribution in [0, 0.1) is 30.3 Å². The zero-order valence-corrected chi connectivity index (χ0v) is 11.6. The van der Waals surface area contributed by atoms with Crippen LogP contribution in [-0.2, 0) is 0 Å². The van der Waals surface area contributed by atoms with Gasteiger partial charge in [0.1, 0.15) is 0 Å². The minimum atomic E-state index is -0.869. The molecule has 0 radical (unpaired) electrons. The number of hydrogen-bond acceptors (Lipinski definition) is 7. The van der Waals surface area contributed by atoms with Crippen molar-refractivity contribution in [3.8, 4) is 0 Å². The van der Waals surface area contributed by atoms with Crippen molar-refractivity contribution in [3.63, 3.8) is 0 Å². The fraction of sp³-hybridized carbons (Fsp3) is 0.500. The number of nitro groups is 3. The Morgan fingerprint density at radius 1 is 0.773 bits per heavy atom. The summed E-state index contributed by atoms with van der Waals surface area (Å²) in [6.45, 7) is 0.916. The third-order valence-corrected chi connectivity index (χ3v) is 3.58. The highest BCUT2D eigenvalue weighted by Crippen LogP contribution is 2.41. The molecule has 0 atom stereocenters. The Labute approximate surface area is 124 Å². The summed E-state index contributed by atoms with van der Waals surface area (Å²) in [6, 6.07) is 1.57. The van der Waals surface area contributed by atoms with Crippen LogP contribution in [-0.4, -0.2) is 27.9 Å². The van der Waals surface area contributed by atoms with Crippen LogP contribution in [0.2, 0.25) is 0 Å². The average molecular weight is 310 g/mol. The molecule has 0 unspecified atom stereocenters. The molecule has 0 spiro atoms. The molecule has 22 heavy (non-hydrogen) atoms. The van der Waals surface area contributed by atoms with Crippen molar-refractivity contribution >= 4 is 22.7 Å². The highest BCUT2D eigenvalue weighted by Gasteiger charge is 2.34. The lowest BCUT2D eigenvalue weighted by molar-refractivity contribution is -0.402. The second kappa shape index (κ2) is 6.33. The Bertz CT molecular complexity index is 589. The third kappa shape index (κ3) is 3.10. The second-order valence-corrected chi connectivity index (χ2v) is 5.01. The normalized spacial score (nSPS) is 15.2.